The van der Waals surface area contributed by atoms with Crippen molar-refractivity contribution in [2.45, 2.75) is 18.8 Å². The van der Waals surface area contributed by atoms with E-state index in [2.05, 4.69) is 24.3 Å². The first kappa shape index (κ1) is 20.5. The van der Waals surface area contributed by atoms with Crippen LogP contribution in [0.3, 0.4) is 0 Å². The highest BCUT2D eigenvalue weighted by atomic mass is 16.5. The maximum absolute atomic E-state index is 12.7. The Morgan fingerprint density at radius 2 is 1.03 bits per heavy atom. The molecule has 0 aromatic heterocycles. The predicted molar refractivity (Wildman–Crippen MR) is 114 cm³/mol. The van der Waals surface area contributed by atoms with Crippen LogP contribution in [0.2, 0.25) is 0 Å². The van der Waals surface area contributed by atoms with Gasteiger partial charge in [-0.25, -0.2) is 0 Å². The van der Waals surface area contributed by atoms with Crippen LogP contribution in [0.25, 0.3) is 0 Å². The highest BCUT2D eigenvalue weighted by molar-refractivity contribution is 5.96. The fraction of sp³-hybridized carbons (Fsp3) is 0.240. The highest BCUT2D eigenvalue weighted by Crippen LogP contribution is 2.32. The second-order valence-electron chi connectivity index (χ2n) is 6.79. The molecule has 3 rings (SSSR count). The normalized spacial score (nSPS) is 10.6. The molecule has 0 bridgehead atoms. The summed E-state index contributed by atoms with van der Waals surface area (Å²) in [5.74, 6) is 2.61. The zero-order valence-electron chi connectivity index (χ0n) is 17.1. The van der Waals surface area contributed by atoms with Gasteiger partial charge in [-0.15, -0.1) is 0 Å². The van der Waals surface area contributed by atoms with Gasteiger partial charge in [-0.05, 0) is 66.1 Å². The van der Waals surface area contributed by atoms with Gasteiger partial charge in [0.2, 0.25) is 0 Å². The van der Waals surface area contributed by atoms with Crippen molar-refractivity contribution in [3.05, 3.63) is 89.5 Å². The number of hydrogen-bond acceptors (Lipinski definition) is 4. The fourth-order valence-electron chi connectivity index (χ4n) is 3.39. The number of carbonyl (C=O) groups is 1. The van der Waals surface area contributed by atoms with E-state index in [9.17, 15) is 4.79 Å². The monoisotopic (exact) mass is 390 g/mol. The summed E-state index contributed by atoms with van der Waals surface area (Å²) >= 11 is 0. The molecule has 0 radical (unpaired) electrons. The lowest BCUT2D eigenvalue weighted by atomic mass is 9.86. The molecule has 0 saturated carbocycles. The first-order chi connectivity index (χ1) is 14.1. The molecule has 0 unspecified atom stereocenters. The average Bonchev–Trinajstić information content (AvgIpc) is 2.80. The van der Waals surface area contributed by atoms with E-state index in [0.29, 0.717) is 18.4 Å². The SMILES string of the molecule is COc1ccc(C(=O)CCC(c2ccc(OC)cc2)c2ccc(OC)cc2)cc1. The maximum Gasteiger partial charge on any atom is 0.162 e. The van der Waals surface area contributed by atoms with Gasteiger partial charge >= 0.3 is 0 Å². The van der Waals surface area contributed by atoms with E-state index >= 15 is 0 Å². The fourth-order valence-corrected chi connectivity index (χ4v) is 3.39. The molecule has 0 heterocycles. The number of ether oxygens (including phenoxy) is 3. The van der Waals surface area contributed by atoms with E-state index < -0.39 is 0 Å². The molecule has 3 aromatic rings. The van der Waals surface area contributed by atoms with Gasteiger partial charge in [0, 0.05) is 17.9 Å². The number of benzene rings is 3. The second kappa shape index (κ2) is 9.78. The summed E-state index contributed by atoms with van der Waals surface area (Å²) in [5.41, 5.74) is 3.01. The summed E-state index contributed by atoms with van der Waals surface area (Å²) in [4.78, 5) is 12.7. The molecule has 0 atom stereocenters. The third-order valence-electron chi connectivity index (χ3n) is 5.11. The van der Waals surface area contributed by atoms with Gasteiger partial charge in [-0.1, -0.05) is 24.3 Å². The van der Waals surface area contributed by atoms with Crippen molar-refractivity contribution in [1.29, 1.82) is 0 Å². The van der Waals surface area contributed by atoms with Gasteiger partial charge in [0.1, 0.15) is 17.2 Å². The average molecular weight is 390 g/mol. The Bertz CT molecular complexity index is 865. The van der Waals surface area contributed by atoms with Gasteiger partial charge in [0.15, 0.2) is 5.78 Å². The molecular formula is C25H26O4. The summed E-state index contributed by atoms with van der Waals surface area (Å²) in [6, 6.07) is 23.3. The summed E-state index contributed by atoms with van der Waals surface area (Å²) in [6.07, 6.45) is 1.17. The Kier molecular flexibility index (Phi) is 6.90. The first-order valence-electron chi connectivity index (χ1n) is 9.59. The third kappa shape index (κ3) is 5.17. The van der Waals surface area contributed by atoms with Crippen LogP contribution in [0.4, 0.5) is 0 Å². The molecule has 0 spiro atoms. The molecule has 0 N–H and O–H groups in total. The minimum Gasteiger partial charge on any atom is -0.497 e. The third-order valence-corrected chi connectivity index (χ3v) is 5.11. The molecule has 0 saturated heterocycles. The molecule has 150 valence electrons. The van der Waals surface area contributed by atoms with Crippen molar-refractivity contribution in [3.8, 4) is 17.2 Å². The number of rotatable bonds is 9. The van der Waals surface area contributed by atoms with Crippen LogP contribution in [0.1, 0.15) is 40.2 Å². The minimum atomic E-state index is 0.106. The standard InChI is InChI=1S/C25H26O4/c1-27-21-10-4-18(5-11-21)24(19-6-12-22(28-2)13-7-19)16-17-25(26)20-8-14-23(29-3)15-9-20/h4-15,24H,16-17H2,1-3H3. The van der Waals surface area contributed by atoms with E-state index in [1.54, 1.807) is 21.3 Å². The van der Waals surface area contributed by atoms with Crippen LogP contribution in [0, 0.1) is 0 Å². The lowest BCUT2D eigenvalue weighted by Crippen LogP contribution is -2.06. The second-order valence-corrected chi connectivity index (χ2v) is 6.79. The summed E-state index contributed by atoms with van der Waals surface area (Å²) < 4.78 is 15.7. The van der Waals surface area contributed by atoms with Crippen molar-refractivity contribution in [3.63, 3.8) is 0 Å². The lowest BCUT2D eigenvalue weighted by Gasteiger charge is -2.19. The lowest BCUT2D eigenvalue weighted by molar-refractivity contribution is 0.0978. The van der Waals surface area contributed by atoms with Crippen molar-refractivity contribution in [2.75, 3.05) is 21.3 Å². The number of methoxy groups -OCH3 is 3. The largest absolute Gasteiger partial charge is 0.497 e. The molecule has 0 fully saturated rings. The molecular weight excluding hydrogens is 364 g/mol. The van der Waals surface area contributed by atoms with Gasteiger partial charge in [0.05, 0.1) is 21.3 Å². The highest BCUT2D eigenvalue weighted by Gasteiger charge is 2.17. The zero-order chi connectivity index (χ0) is 20.6. The van der Waals surface area contributed by atoms with Gasteiger partial charge in [0.25, 0.3) is 0 Å². The van der Waals surface area contributed by atoms with E-state index in [4.69, 9.17) is 14.2 Å². The van der Waals surface area contributed by atoms with Crippen molar-refractivity contribution < 1.29 is 19.0 Å². The molecule has 0 amide bonds. The Balaban J connectivity index is 1.80. The number of hydrogen-bond donors (Lipinski definition) is 0. The molecule has 0 aliphatic rings. The van der Waals surface area contributed by atoms with Crippen molar-refractivity contribution >= 4 is 5.78 Å². The zero-order valence-corrected chi connectivity index (χ0v) is 17.1. The van der Waals surface area contributed by atoms with Crippen LogP contribution in [0.5, 0.6) is 17.2 Å². The Hall–Kier alpha value is -3.27. The van der Waals surface area contributed by atoms with E-state index in [1.165, 1.54) is 0 Å². The van der Waals surface area contributed by atoms with Crippen LogP contribution in [0.15, 0.2) is 72.8 Å². The Morgan fingerprint density at radius 3 is 1.41 bits per heavy atom. The Morgan fingerprint density at radius 1 is 0.655 bits per heavy atom. The van der Waals surface area contributed by atoms with Crippen molar-refractivity contribution in [2.24, 2.45) is 0 Å². The van der Waals surface area contributed by atoms with Gasteiger partial charge < -0.3 is 14.2 Å². The molecule has 0 aliphatic heterocycles. The summed E-state index contributed by atoms with van der Waals surface area (Å²) in [5, 5.41) is 0. The van der Waals surface area contributed by atoms with Crippen molar-refractivity contribution in [1.82, 2.24) is 0 Å². The number of ketones is 1. The summed E-state index contributed by atoms with van der Waals surface area (Å²) in [7, 11) is 4.93. The van der Waals surface area contributed by atoms with Crippen LogP contribution < -0.4 is 14.2 Å². The summed E-state index contributed by atoms with van der Waals surface area (Å²) in [6.45, 7) is 0. The molecule has 0 aliphatic carbocycles. The smallest absolute Gasteiger partial charge is 0.162 e. The molecule has 3 aromatic carbocycles. The van der Waals surface area contributed by atoms with E-state index in [0.717, 1.165) is 28.4 Å². The topological polar surface area (TPSA) is 44.8 Å². The quantitative estimate of drug-likeness (QED) is 0.452. The predicted octanol–water partition coefficient (Wildman–Crippen LogP) is 5.51. The number of Topliss-reactive ketones (excluding diaryl/α,β-unsaturated/α-hetero) is 1. The van der Waals surface area contributed by atoms with E-state index in [1.807, 2.05) is 48.5 Å². The minimum absolute atomic E-state index is 0.106. The van der Waals surface area contributed by atoms with E-state index in [-0.39, 0.29) is 11.7 Å². The molecule has 29 heavy (non-hydrogen) atoms. The molecule has 4 heteroatoms. The van der Waals surface area contributed by atoms with Gasteiger partial charge in [-0.3, -0.25) is 4.79 Å². The maximum atomic E-state index is 12.7. The molecule has 4 nitrogen and oxygen atoms in total. The number of carbonyl (C=O) groups excluding carboxylic acids is 1. The van der Waals surface area contributed by atoms with Crippen LogP contribution in [-0.4, -0.2) is 27.1 Å². The van der Waals surface area contributed by atoms with Crippen LogP contribution >= 0.6 is 0 Å². The van der Waals surface area contributed by atoms with Crippen LogP contribution in [-0.2, 0) is 0 Å². The first-order valence-corrected chi connectivity index (χ1v) is 9.59. The van der Waals surface area contributed by atoms with Gasteiger partial charge in [-0.2, -0.15) is 0 Å². The Labute approximate surface area is 172 Å².